The van der Waals surface area contributed by atoms with E-state index in [1.165, 1.54) is 32.1 Å². The fourth-order valence-electron chi connectivity index (χ4n) is 2.19. The van der Waals surface area contributed by atoms with Gasteiger partial charge in [-0.05, 0) is 47.5 Å². The maximum atomic E-state index is 12.1. The van der Waals surface area contributed by atoms with Gasteiger partial charge in [-0.2, -0.15) is 0 Å². The topological polar surface area (TPSA) is 38.3 Å². The molecular formula is C15H29NO2. The van der Waals surface area contributed by atoms with Gasteiger partial charge in [0.15, 0.2) is 0 Å². The standard InChI is InChI=1S/C15H29NO2/c1-14(2,3)18-13(17)15(4,5)11-16-12-9-7-6-8-10-12/h12,16H,6-11H2,1-5H3. The fraction of sp³-hybridized carbons (Fsp3) is 0.933. The van der Waals surface area contributed by atoms with Crippen LogP contribution in [-0.4, -0.2) is 24.2 Å². The minimum absolute atomic E-state index is 0.113. The molecule has 18 heavy (non-hydrogen) atoms. The highest BCUT2D eigenvalue weighted by atomic mass is 16.6. The second-order valence-corrected chi connectivity index (χ2v) is 7.10. The third-order valence-corrected chi connectivity index (χ3v) is 3.39. The van der Waals surface area contributed by atoms with Gasteiger partial charge in [0.1, 0.15) is 5.60 Å². The Bertz CT molecular complexity index is 273. The number of rotatable bonds is 4. The molecule has 1 aliphatic rings. The summed E-state index contributed by atoms with van der Waals surface area (Å²) in [7, 11) is 0. The lowest BCUT2D eigenvalue weighted by molar-refractivity contribution is -0.165. The molecule has 0 aromatic carbocycles. The summed E-state index contributed by atoms with van der Waals surface area (Å²) in [5.41, 5.74) is -0.857. The van der Waals surface area contributed by atoms with Gasteiger partial charge in [-0.1, -0.05) is 19.3 Å². The summed E-state index contributed by atoms with van der Waals surface area (Å²) in [4.78, 5) is 12.1. The maximum absolute atomic E-state index is 12.1. The van der Waals surface area contributed by atoms with Crippen molar-refractivity contribution in [3.8, 4) is 0 Å². The minimum Gasteiger partial charge on any atom is -0.460 e. The fourth-order valence-corrected chi connectivity index (χ4v) is 2.19. The molecule has 106 valence electrons. The second kappa shape index (κ2) is 6.05. The van der Waals surface area contributed by atoms with E-state index < -0.39 is 11.0 Å². The Balaban J connectivity index is 2.40. The highest BCUT2D eigenvalue weighted by Gasteiger charge is 2.33. The minimum atomic E-state index is -0.454. The molecule has 1 N–H and O–H groups in total. The number of hydrogen-bond donors (Lipinski definition) is 1. The molecule has 3 nitrogen and oxygen atoms in total. The van der Waals surface area contributed by atoms with Crippen LogP contribution < -0.4 is 5.32 Å². The Labute approximate surface area is 112 Å². The van der Waals surface area contributed by atoms with Crippen molar-refractivity contribution in [1.29, 1.82) is 0 Å². The van der Waals surface area contributed by atoms with Crippen molar-refractivity contribution in [3.63, 3.8) is 0 Å². The average molecular weight is 255 g/mol. The molecule has 0 aromatic heterocycles. The normalized spacial score (nSPS) is 18.7. The van der Waals surface area contributed by atoms with E-state index in [1.807, 2.05) is 34.6 Å². The summed E-state index contributed by atoms with van der Waals surface area (Å²) < 4.78 is 5.46. The Hall–Kier alpha value is -0.570. The molecule has 1 aliphatic carbocycles. The van der Waals surface area contributed by atoms with Crippen molar-refractivity contribution in [2.75, 3.05) is 6.54 Å². The highest BCUT2D eigenvalue weighted by molar-refractivity contribution is 5.76. The number of carbonyl (C=O) groups is 1. The van der Waals surface area contributed by atoms with E-state index in [9.17, 15) is 4.79 Å². The van der Waals surface area contributed by atoms with Gasteiger partial charge in [0.05, 0.1) is 5.41 Å². The Kier molecular flexibility index (Phi) is 5.20. The van der Waals surface area contributed by atoms with Crippen molar-refractivity contribution in [2.24, 2.45) is 5.41 Å². The van der Waals surface area contributed by atoms with Crippen LogP contribution in [0.5, 0.6) is 0 Å². The van der Waals surface area contributed by atoms with E-state index in [-0.39, 0.29) is 5.97 Å². The van der Waals surface area contributed by atoms with Gasteiger partial charge in [0.2, 0.25) is 0 Å². The molecule has 3 heteroatoms. The third-order valence-electron chi connectivity index (χ3n) is 3.39. The van der Waals surface area contributed by atoms with Crippen LogP contribution in [0.4, 0.5) is 0 Å². The van der Waals surface area contributed by atoms with Crippen LogP contribution in [0.3, 0.4) is 0 Å². The summed E-state index contributed by atoms with van der Waals surface area (Å²) in [6.07, 6.45) is 6.46. The van der Waals surface area contributed by atoms with Gasteiger partial charge < -0.3 is 10.1 Å². The molecule has 0 amide bonds. The number of hydrogen-bond acceptors (Lipinski definition) is 3. The first-order valence-electron chi connectivity index (χ1n) is 7.17. The molecule has 1 fully saturated rings. The van der Waals surface area contributed by atoms with E-state index in [1.54, 1.807) is 0 Å². The zero-order chi connectivity index (χ0) is 13.8. The zero-order valence-corrected chi connectivity index (χ0v) is 12.6. The lowest BCUT2D eigenvalue weighted by Gasteiger charge is -2.31. The van der Waals surface area contributed by atoms with E-state index in [0.29, 0.717) is 12.6 Å². The Morgan fingerprint density at radius 3 is 2.17 bits per heavy atom. The van der Waals surface area contributed by atoms with Gasteiger partial charge in [-0.15, -0.1) is 0 Å². The van der Waals surface area contributed by atoms with Gasteiger partial charge in [0.25, 0.3) is 0 Å². The lowest BCUT2D eigenvalue weighted by Crippen LogP contribution is -2.44. The average Bonchev–Trinajstić information content (AvgIpc) is 2.26. The Morgan fingerprint density at radius 1 is 1.11 bits per heavy atom. The van der Waals surface area contributed by atoms with Crippen molar-refractivity contribution in [2.45, 2.75) is 78.4 Å². The maximum Gasteiger partial charge on any atom is 0.313 e. The Morgan fingerprint density at radius 2 is 1.67 bits per heavy atom. The highest BCUT2D eigenvalue weighted by Crippen LogP contribution is 2.23. The smallest absolute Gasteiger partial charge is 0.313 e. The van der Waals surface area contributed by atoms with E-state index in [2.05, 4.69) is 5.32 Å². The SMILES string of the molecule is CC(C)(C)OC(=O)C(C)(C)CNC1CCCCC1. The van der Waals surface area contributed by atoms with E-state index >= 15 is 0 Å². The molecule has 0 unspecified atom stereocenters. The van der Waals surface area contributed by atoms with Crippen LogP contribution in [0.25, 0.3) is 0 Å². The third kappa shape index (κ3) is 5.38. The number of ether oxygens (including phenoxy) is 1. The van der Waals surface area contributed by atoms with Gasteiger partial charge in [-0.3, -0.25) is 4.79 Å². The van der Waals surface area contributed by atoms with E-state index in [4.69, 9.17) is 4.74 Å². The number of esters is 1. The molecule has 0 heterocycles. The van der Waals surface area contributed by atoms with E-state index in [0.717, 1.165) is 0 Å². The van der Waals surface area contributed by atoms with Crippen LogP contribution in [0.1, 0.15) is 66.7 Å². The predicted octanol–water partition coefficient (Wildman–Crippen LogP) is 3.28. The van der Waals surface area contributed by atoms with Gasteiger partial charge in [-0.25, -0.2) is 0 Å². The predicted molar refractivity (Wildman–Crippen MR) is 74.5 cm³/mol. The summed E-state index contributed by atoms with van der Waals surface area (Å²) in [5, 5.41) is 3.53. The molecular weight excluding hydrogens is 226 g/mol. The number of carbonyl (C=O) groups excluding carboxylic acids is 1. The second-order valence-electron chi connectivity index (χ2n) is 7.10. The van der Waals surface area contributed by atoms with Crippen molar-refractivity contribution >= 4 is 5.97 Å². The molecule has 0 aliphatic heterocycles. The first-order chi connectivity index (χ1) is 8.21. The summed E-state index contributed by atoms with van der Waals surface area (Å²) >= 11 is 0. The molecule has 0 atom stereocenters. The van der Waals surface area contributed by atoms with Crippen LogP contribution in [0.15, 0.2) is 0 Å². The van der Waals surface area contributed by atoms with Gasteiger partial charge >= 0.3 is 5.97 Å². The zero-order valence-electron chi connectivity index (χ0n) is 12.6. The van der Waals surface area contributed by atoms with Crippen LogP contribution in [0.2, 0.25) is 0 Å². The molecule has 0 radical (unpaired) electrons. The molecule has 0 bridgehead atoms. The summed E-state index contributed by atoms with van der Waals surface area (Å²) in [6, 6.07) is 0.584. The molecule has 0 aromatic rings. The van der Waals surface area contributed by atoms with Crippen LogP contribution in [-0.2, 0) is 9.53 Å². The van der Waals surface area contributed by atoms with Crippen molar-refractivity contribution in [3.05, 3.63) is 0 Å². The number of nitrogens with one attached hydrogen (secondary N) is 1. The first-order valence-corrected chi connectivity index (χ1v) is 7.17. The van der Waals surface area contributed by atoms with Crippen LogP contribution in [0, 0.1) is 5.41 Å². The van der Waals surface area contributed by atoms with Crippen molar-refractivity contribution in [1.82, 2.24) is 5.32 Å². The van der Waals surface area contributed by atoms with Crippen LogP contribution >= 0.6 is 0 Å². The molecule has 0 spiro atoms. The molecule has 1 saturated carbocycles. The summed E-state index contributed by atoms with van der Waals surface area (Å²) in [5.74, 6) is -0.113. The summed E-state index contributed by atoms with van der Waals surface area (Å²) in [6.45, 7) is 10.3. The first kappa shape index (κ1) is 15.5. The lowest BCUT2D eigenvalue weighted by atomic mass is 9.90. The molecule has 0 saturated heterocycles. The monoisotopic (exact) mass is 255 g/mol. The van der Waals surface area contributed by atoms with Crippen molar-refractivity contribution < 1.29 is 9.53 Å². The largest absolute Gasteiger partial charge is 0.460 e. The molecule has 1 rings (SSSR count). The quantitative estimate of drug-likeness (QED) is 0.783. The van der Waals surface area contributed by atoms with Gasteiger partial charge in [0, 0.05) is 12.6 Å².